The number of fused-ring (bicyclic) bond motifs is 3. The number of para-hydroxylation sites is 2. The fourth-order valence-corrected chi connectivity index (χ4v) is 11.3. The summed E-state index contributed by atoms with van der Waals surface area (Å²) in [5, 5.41) is 0. The van der Waals surface area contributed by atoms with Crippen LogP contribution in [-0.4, -0.2) is 30.2 Å². The summed E-state index contributed by atoms with van der Waals surface area (Å²) in [5.74, 6) is -0.105. The van der Waals surface area contributed by atoms with Gasteiger partial charge in [0, 0.05) is 18.2 Å². The van der Waals surface area contributed by atoms with Crippen molar-refractivity contribution in [3.05, 3.63) is 96.6 Å². The van der Waals surface area contributed by atoms with E-state index < -0.39 is 7.44 Å². The maximum atomic E-state index is 15.9. The predicted octanol–water partition coefficient (Wildman–Crippen LogP) is 6.62. The van der Waals surface area contributed by atoms with Crippen LogP contribution >= 0.6 is 7.44 Å². The lowest BCUT2D eigenvalue weighted by molar-refractivity contribution is 0.0471. The minimum Gasteiger partial charge on any atom is -0.272 e. The summed E-state index contributed by atoms with van der Waals surface area (Å²) in [6.07, 6.45) is 3.70. The Morgan fingerprint density at radius 3 is 2.16 bits per heavy atom. The highest BCUT2D eigenvalue weighted by Crippen LogP contribution is 2.80. The van der Waals surface area contributed by atoms with Crippen molar-refractivity contribution < 1.29 is 4.57 Å². The summed E-state index contributed by atoms with van der Waals surface area (Å²) < 4.78 is 18.8. The molecule has 3 heterocycles. The molecule has 0 aliphatic carbocycles. The first-order valence-electron chi connectivity index (χ1n) is 11.9. The number of anilines is 1. The van der Waals surface area contributed by atoms with Gasteiger partial charge in [0.15, 0.2) is 11.9 Å². The Hall–Kier alpha value is -2.39. The summed E-state index contributed by atoms with van der Waals surface area (Å²) in [5.41, 5.74) is 3.48. The molecule has 164 valence electrons. The molecule has 0 aromatic heterocycles. The van der Waals surface area contributed by atoms with E-state index in [-0.39, 0.29) is 11.9 Å². The van der Waals surface area contributed by atoms with Gasteiger partial charge in [0.25, 0.3) is 0 Å². The van der Waals surface area contributed by atoms with Crippen LogP contribution in [0.5, 0.6) is 0 Å². The van der Waals surface area contributed by atoms with Crippen molar-refractivity contribution in [2.75, 3.05) is 17.8 Å². The lowest BCUT2D eigenvalue weighted by Crippen LogP contribution is -2.56. The Bertz CT molecular complexity index is 1140. The third kappa shape index (κ3) is 2.61. The zero-order valence-corrected chi connectivity index (χ0v) is 19.5. The molecule has 0 amide bonds. The molecule has 5 atom stereocenters. The Labute approximate surface area is 191 Å². The van der Waals surface area contributed by atoms with Gasteiger partial charge in [0.1, 0.15) is 12.2 Å². The zero-order valence-electron chi connectivity index (χ0n) is 18.6. The number of piperidine rings is 1. The van der Waals surface area contributed by atoms with Crippen LogP contribution in [0.3, 0.4) is 0 Å². The van der Waals surface area contributed by atoms with Crippen molar-refractivity contribution in [2.24, 2.45) is 0 Å². The molecule has 0 bridgehead atoms. The summed E-state index contributed by atoms with van der Waals surface area (Å²) in [7, 11) is -2.99. The van der Waals surface area contributed by atoms with E-state index in [9.17, 15) is 0 Å². The standard InChI is InChI=1S/C27H31N3OP/c1-22-12-11-19-26-29(22)27(23-13-5-2-6-14-23)32(31)28(24-15-7-3-8-16-24)20-21-30(26,32)25-17-9-4-10-18-25/h2-10,13-18,22,26-27H,11-12,19-21H2,1H3/q+1. The molecular formula is C27H31N3OP+. The number of hydrogen-bond acceptors (Lipinski definition) is 2. The number of benzene rings is 3. The highest BCUT2D eigenvalue weighted by molar-refractivity contribution is 7.66. The van der Waals surface area contributed by atoms with Crippen LogP contribution in [0, 0.1) is 0 Å². The van der Waals surface area contributed by atoms with Gasteiger partial charge in [-0.3, -0.25) is 4.67 Å². The Morgan fingerprint density at radius 2 is 1.47 bits per heavy atom. The smallest absolute Gasteiger partial charge is 0.272 e. The fraction of sp³-hybridized carbons (Fsp3) is 0.333. The van der Waals surface area contributed by atoms with Crippen molar-refractivity contribution in [3.8, 4) is 0 Å². The van der Waals surface area contributed by atoms with Crippen molar-refractivity contribution in [1.82, 2.24) is 9.15 Å². The van der Waals surface area contributed by atoms with E-state index in [1.165, 1.54) is 24.1 Å². The first-order chi connectivity index (χ1) is 15.7. The molecule has 3 saturated heterocycles. The first-order valence-corrected chi connectivity index (χ1v) is 13.5. The van der Waals surface area contributed by atoms with Gasteiger partial charge in [-0.25, -0.2) is 13.7 Å². The van der Waals surface area contributed by atoms with Gasteiger partial charge in [-0.1, -0.05) is 66.7 Å². The van der Waals surface area contributed by atoms with Crippen LogP contribution < -0.4 is 8.92 Å². The quantitative estimate of drug-likeness (QED) is 0.424. The number of hydrogen-bond donors (Lipinski definition) is 0. The monoisotopic (exact) mass is 444 g/mol. The molecule has 0 N–H and O–H groups in total. The Kier molecular flexibility index (Phi) is 4.80. The van der Waals surface area contributed by atoms with Gasteiger partial charge >= 0.3 is 7.44 Å². The molecule has 32 heavy (non-hydrogen) atoms. The van der Waals surface area contributed by atoms with E-state index in [2.05, 4.69) is 101 Å². The van der Waals surface area contributed by atoms with E-state index in [0.717, 1.165) is 25.2 Å². The molecule has 3 fully saturated rings. The minimum absolute atomic E-state index is 0.105. The van der Waals surface area contributed by atoms with E-state index >= 15 is 4.57 Å². The van der Waals surface area contributed by atoms with Gasteiger partial charge in [0.05, 0.1) is 6.54 Å². The lowest BCUT2D eigenvalue weighted by Gasteiger charge is -2.42. The molecule has 5 unspecified atom stereocenters. The number of quaternary nitrogens is 1. The van der Waals surface area contributed by atoms with Crippen molar-refractivity contribution in [2.45, 2.75) is 44.2 Å². The predicted molar refractivity (Wildman–Crippen MR) is 133 cm³/mol. The van der Waals surface area contributed by atoms with Crippen molar-refractivity contribution in [3.63, 3.8) is 0 Å². The largest absolute Gasteiger partial charge is 0.373 e. The summed E-state index contributed by atoms with van der Waals surface area (Å²) in [6, 6.07) is 32.2. The van der Waals surface area contributed by atoms with E-state index in [4.69, 9.17) is 0 Å². The summed E-state index contributed by atoms with van der Waals surface area (Å²) in [6.45, 7) is 4.04. The highest BCUT2D eigenvalue weighted by Gasteiger charge is 2.75. The molecule has 4 nitrogen and oxygen atoms in total. The van der Waals surface area contributed by atoms with Crippen molar-refractivity contribution >= 4 is 18.8 Å². The topological polar surface area (TPSA) is 23.6 Å². The van der Waals surface area contributed by atoms with Crippen LogP contribution in [0.15, 0.2) is 91.0 Å². The van der Waals surface area contributed by atoms with Crippen LogP contribution in [0.25, 0.3) is 0 Å². The van der Waals surface area contributed by atoms with Crippen molar-refractivity contribution in [1.29, 1.82) is 0 Å². The molecular weight excluding hydrogens is 413 g/mol. The molecule has 5 heteroatoms. The third-order valence-corrected chi connectivity index (χ3v) is 11.9. The maximum absolute atomic E-state index is 15.9. The maximum Gasteiger partial charge on any atom is 0.373 e. The normalized spacial score (nSPS) is 34.3. The van der Waals surface area contributed by atoms with E-state index in [1.54, 1.807) is 0 Å². The molecule has 0 saturated carbocycles. The summed E-state index contributed by atoms with van der Waals surface area (Å²) in [4.78, 5) is 2.64. The van der Waals surface area contributed by atoms with Gasteiger partial charge in [-0.05, 0) is 49.6 Å². The summed E-state index contributed by atoms with van der Waals surface area (Å²) >= 11 is 0. The second kappa shape index (κ2) is 7.59. The molecule has 0 spiro atoms. The fourth-order valence-electron chi connectivity index (χ4n) is 6.63. The Balaban J connectivity index is 1.65. The van der Waals surface area contributed by atoms with Crippen LogP contribution in [0.4, 0.5) is 11.4 Å². The molecule has 6 rings (SSSR count). The molecule has 3 aliphatic heterocycles. The van der Waals surface area contributed by atoms with Gasteiger partial charge in [-0.15, -0.1) is 0 Å². The van der Waals surface area contributed by atoms with Gasteiger partial charge < -0.3 is 0 Å². The van der Waals surface area contributed by atoms with E-state index in [0.29, 0.717) is 10.3 Å². The number of rotatable bonds is 3. The van der Waals surface area contributed by atoms with Gasteiger partial charge in [-0.2, -0.15) is 0 Å². The minimum atomic E-state index is -2.99. The average Bonchev–Trinajstić information content (AvgIpc) is 3.27. The molecule has 3 aliphatic rings. The second-order valence-electron chi connectivity index (χ2n) is 9.43. The number of nitrogens with zero attached hydrogens (tertiary/aromatic N) is 3. The van der Waals surface area contributed by atoms with E-state index in [1.807, 2.05) is 6.07 Å². The molecule has 0 radical (unpaired) electrons. The van der Waals surface area contributed by atoms with Crippen LogP contribution in [0.2, 0.25) is 0 Å². The highest BCUT2D eigenvalue weighted by atomic mass is 31.2. The van der Waals surface area contributed by atoms with Crippen LogP contribution in [-0.2, 0) is 4.57 Å². The lowest BCUT2D eigenvalue weighted by atomic mass is 9.98. The first kappa shape index (κ1) is 20.2. The average molecular weight is 445 g/mol. The molecule has 3 aromatic rings. The molecule has 3 aromatic carbocycles. The second-order valence-corrected chi connectivity index (χ2v) is 12.3. The SMILES string of the molecule is CC1CCCC2N1C(c1ccccc1)P1(=O)N(c3ccccc3)CC[N+]21c1ccccc1. The third-order valence-electron chi connectivity index (χ3n) is 7.90. The zero-order chi connectivity index (χ0) is 21.8. The van der Waals surface area contributed by atoms with Gasteiger partial charge in [0.2, 0.25) is 0 Å². The van der Waals surface area contributed by atoms with Crippen LogP contribution in [0.1, 0.15) is 37.5 Å². The Morgan fingerprint density at radius 1 is 0.844 bits per heavy atom.